The van der Waals surface area contributed by atoms with Gasteiger partial charge in [-0.15, -0.1) is 0 Å². The lowest BCUT2D eigenvalue weighted by Crippen LogP contribution is -2.21. The SMILES string of the molecule is CC[S@@](=O)c1ccccc1C(=O)OCC(=O)Nc1ccccc1Cl. The molecule has 0 aliphatic heterocycles. The second-order valence-corrected chi connectivity index (χ2v) is 6.85. The normalized spacial score (nSPS) is 11.6. The summed E-state index contributed by atoms with van der Waals surface area (Å²) in [5.41, 5.74) is 0.635. The molecule has 7 heteroatoms. The molecule has 0 saturated carbocycles. The molecule has 24 heavy (non-hydrogen) atoms. The number of para-hydroxylation sites is 1. The smallest absolute Gasteiger partial charge is 0.339 e. The fourth-order valence-corrected chi connectivity index (χ4v) is 3.07. The Kier molecular flexibility index (Phi) is 6.52. The monoisotopic (exact) mass is 365 g/mol. The number of hydrogen-bond acceptors (Lipinski definition) is 4. The summed E-state index contributed by atoms with van der Waals surface area (Å²) in [7, 11) is -1.29. The van der Waals surface area contributed by atoms with E-state index >= 15 is 0 Å². The van der Waals surface area contributed by atoms with E-state index < -0.39 is 29.3 Å². The van der Waals surface area contributed by atoms with Crippen molar-refractivity contribution in [2.45, 2.75) is 11.8 Å². The first-order valence-electron chi connectivity index (χ1n) is 7.21. The molecule has 0 aliphatic rings. The van der Waals surface area contributed by atoms with Gasteiger partial charge >= 0.3 is 5.97 Å². The first-order chi connectivity index (χ1) is 11.5. The van der Waals surface area contributed by atoms with Crippen LogP contribution in [0.25, 0.3) is 0 Å². The second-order valence-electron chi connectivity index (χ2n) is 4.73. The standard InChI is InChI=1S/C17H16ClNO4S/c1-2-24(22)15-10-6-3-7-12(15)17(21)23-11-16(20)19-14-9-5-4-8-13(14)18/h3-10H,2,11H2,1H3,(H,19,20)/t24-/m1/s1. The van der Waals surface area contributed by atoms with Crippen LogP contribution in [-0.2, 0) is 20.3 Å². The summed E-state index contributed by atoms with van der Waals surface area (Å²) in [6.45, 7) is 1.30. The third kappa shape index (κ3) is 4.66. The number of halogens is 1. The zero-order valence-corrected chi connectivity index (χ0v) is 14.5. The Morgan fingerprint density at radius 2 is 1.79 bits per heavy atom. The number of ether oxygens (including phenoxy) is 1. The Balaban J connectivity index is 2.00. The average molecular weight is 366 g/mol. The molecule has 1 amide bonds. The largest absolute Gasteiger partial charge is 0.452 e. The molecule has 2 aromatic carbocycles. The molecule has 0 saturated heterocycles. The van der Waals surface area contributed by atoms with Crippen molar-refractivity contribution in [2.75, 3.05) is 17.7 Å². The fourth-order valence-electron chi connectivity index (χ4n) is 1.95. The summed E-state index contributed by atoms with van der Waals surface area (Å²) < 4.78 is 17.0. The van der Waals surface area contributed by atoms with Gasteiger partial charge in [0.2, 0.25) is 0 Å². The lowest BCUT2D eigenvalue weighted by molar-refractivity contribution is -0.119. The molecule has 0 spiro atoms. The molecule has 2 rings (SSSR count). The lowest BCUT2D eigenvalue weighted by atomic mass is 10.2. The summed E-state index contributed by atoms with van der Waals surface area (Å²) in [5, 5.41) is 2.95. The first kappa shape index (κ1) is 18.2. The Morgan fingerprint density at radius 1 is 1.12 bits per heavy atom. The number of esters is 1. The Hall–Kier alpha value is -2.18. The van der Waals surface area contributed by atoms with Crippen molar-refractivity contribution in [3.63, 3.8) is 0 Å². The molecule has 0 heterocycles. The number of rotatable bonds is 6. The number of benzene rings is 2. The van der Waals surface area contributed by atoms with Gasteiger partial charge in [0.15, 0.2) is 6.61 Å². The van der Waals surface area contributed by atoms with Crippen LogP contribution in [0.3, 0.4) is 0 Å². The van der Waals surface area contributed by atoms with E-state index in [0.717, 1.165) is 0 Å². The quantitative estimate of drug-likeness (QED) is 0.797. The molecule has 0 bridgehead atoms. The molecular formula is C17H16ClNO4S. The molecule has 1 N–H and O–H groups in total. The number of hydrogen-bond donors (Lipinski definition) is 1. The van der Waals surface area contributed by atoms with Crippen molar-refractivity contribution in [1.82, 2.24) is 0 Å². The van der Waals surface area contributed by atoms with E-state index in [1.165, 1.54) is 6.07 Å². The van der Waals surface area contributed by atoms with Gasteiger partial charge in [0, 0.05) is 5.75 Å². The number of anilines is 1. The predicted molar refractivity (Wildman–Crippen MR) is 93.8 cm³/mol. The molecule has 0 fully saturated rings. The van der Waals surface area contributed by atoms with Crippen LogP contribution in [-0.4, -0.2) is 28.4 Å². The minimum atomic E-state index is -1.29. The Labute approximate surface area is 147 Å². The van der Waals surface area contributed by atoms with Gasteiger partial charge in [-0.3, -0.25) is 9.00 Å². The minimum absolute atomic E-state index is 0.197. The van der Waals surface area contributed by atoms with Crippen LogP contribution in [0.15, 0.2) is 53.4 Å². The first-order valence-corrected chi connectivity index (χ1v) is 8.91. The average Bonchev–Trinajstić information content (AvgIpc) is 2.61. The van der Waals surface area contributed by atoms with Crippen LogP contribution in [0.5, 0.6) is 0 Å². The van der Waals surface area contributed by atoms with Crippen molar-refractivity contribution in [2.24, 2.45) is 0 Å². The summed E-state index contributed by atoms with van der Waals surface area (Å²) in [6, 6.07) is 13.2. The summed E-state index contributed by atoms with van der Waals surface area (Å²) in [5.74, 6) is -0.815. The molecular weight excluding hydrogens is 350 g/mol. The van der Waals surface area contributed by atoms with Crippen molar-refractivity contribution < 1.29 is 18.5 Å². The van der Waals surface area contributed by atoms with E-state index in [1.807, 2.05) is 0 Å². The van der Waals surface area contributed by atoms with Gasteiger partial charge in [0.1, 0.15) is 0 Å². The Morgan fingerprint density at radius 3 is 2.50 bits per heavy atom. The third-order valence-corrected chi connectivity index (χ3v) is 4.80. The zero-order valence-electron chi connectivity index (χ0n) is 13.0. The van der Waals surface area contributed by atoms with Crippen LogP contribution in [0.4, 0.5) is 5.69 Å². The molecule has 0 unspecified atom stereocenters. The van der Waals surface area contributed by atoms with Gasteiger partial charge in [-0.2, -0.15) is 0 Å². The van der Waals surface area contributed by atoms with Gasteiger partial charge in [-0.1, -0.05) is 42.8 Å². The van der Waals surface area contributed by atoms with E-state index in [1.54, 1.807) is 49.4 Å². The van der Waals surface area contributed by atoms with Crippen LogP contribution in [0.2, 0.25) is 5.02 Å². The molecule has 0 aliphatic carbocycles. The molecule has 5 nitrogen and oxygen atoms in total. The zero-order chi connectivity index (χ0) is 17.5. The highest BCUT2D eigenvalue weighted by Crippen LogP contribution is 2.20. The van der Waals surface area contributed by atoms with Crippen molar-refractivity contribution >= 4 is 40.0 Å². The maximum atomic E-state index is 12.1. The fraction of sp³-hybridized carbons (Fsp3) is 0.176. The topological polar surface area (TPSA) is 72.5 Å². The van der Waals surface area contributed by atoms with Crippen molar-refractivity contribution in [1.29, 1.82) is 0 Å². The van der Waals surface area contributed by atoms with Gasteiger partial charge in [-0.25, -0.2) is 4.79 Å². The summed E-state index contributed by atoms with van der Waals surface area (Å²) in [4.78, 5) is 24.4. The number of carbonyl (C=O) groups excluding carboxylic acids is 2. The van der Waals surface area contributed by atoms with E-state index in [2.05, 4.69) is 5.32 Å². The van der Waals surface area contributed by atoms with Crippen molar-refractivity contribution in [3.8, 4) is 0 Å². The minimum Gasteiger partial charge on any atom is -0.452 e. The number of amides is 1. The maximum absolute atomic E-state index is 12.1. The van der Waals surface area contributed by atoms with E-state index in [0.29, 0.717) is 21.4 Å². The molecule has 2 aromatic rings. The molecule has 1 atom stereocenters. The van der Waals surface area contributed by atoms with E-state index in [4.69, 9.17) is 16.3 Å². The highest BCUT2D eigenvalue weighted by atomic mass is 35.5. The number of nitrogens with one attached hydrogen (secondary N) is 1. The van der Waals surface area contributed by atoms with Gasteiger partial charge < -0.3 is 10.1 Å². The molecule has 0 aromatic heterocycles. The third-order valence-electron chi connectivity index (χ3n) is 3.10. The predicted octanol–water partition coefficient (Wildman–Crippen LogP) is 3.26. The van der Waals surface area contributed by atoms with Crippen LogP contribution in [0, 0.1) is 0 Å². The van der Waals surface area contributed by atoms with Crippen LogP contribution in [0.1, 0.15) is 17.3 Å². The van der Waals surface area contributed by atoms with Gasteiger partial charge in [0.05, 0.1) is 32.0 Å². The van der Waals surface area contributed by atoms with Gasteiger partial charge in [0.25, 0.3) is 5.91 Å². The highest BCUT2D eigenvalue weighted by Gasteiger charge is 2.17. The van der Waals surface area contributed by atoms with Crippen LogP contribution < -0.4 is 5.32 Å². The van der Waals surface area contributed by atoms with Crippen molar-refractivity contribution in [3.05, 3.63) is 59.1 Å². The lowest BCUT2D eigenvalue weighted by Gasteiger charge is -2.10. The van der Waals surface area contributed by atoms with E-state index in [9.17, 15) is 13.8 Å². The molecule has 0 radical (unpaired) electrons. The number of carbonyl (C=O) groups is 2. The summed E-state index contributed by atoms with van der Waals surface area (Å²) >= 11 is 5.94. The highest BCUT2D eigenvalue weighted by molar-refractivity contribution is 7.85. The summed E-state index contributed by atoms with van der Waals surface area (Å²) in [6.07, 6.45) is 0. The van der Waals surface area contributed by atoms with Gasteiger partial charge in [-0.05, 0) is 24.3 Å². The second kappa shape index (κ2) is 8.61. The maximum Gasteiger partial charge on any atom is 0.339 e. The van der Waals surface area contributed by atoms with Crippen LogP contribution >= 0.6 is 11.6 Å². The molecule has 126 valence electrons. The Bertz CT molecular complexity index is 779. The van der Waals surface area contributed by atoms with E-state index in [-0.39, 0.29) is 5.56 Å².